The van der Waals surface area contributed by atoms with Crippen LogP contribution in [-0.4, -0.2) is 6.26 Å². The van der Waals surface area contributed by atoms with E-state index in [1.165, 1.54) is 23.3 Å². The smallest absolute Gasteiger partial charge is 0.0332 e. The summed E-state index contributed by atoms with van der Waals surface area (Å²) in [5, 5.41) is 0. The van der Waals surface area contributed by atoms with Crippen LogP contribution >= 0.6 is 11.8 Å². The maximum Gasteiger partial charge on any atom is 0.0332 e. The van der Waals surface area contributed by atoms with Crippen molar-refractivity contribution >= 4 is 11.8 Å². The van der Waals surface area contributed by atoms with Crippen LogP contribution in [0.2, 0.25) is 0 Å². The zero-order chi connectivity index (χ0) is 11.3. The Bertz CT molecular complexity index is 298. The lowest BCUT2D eigenvalue weighted by Crippen LogP contribution is -2.19. The topological polar surface area (TPSA) is 26.0 Å². The highest BCUT2D eigenvalue weighted by Crippen LogP contribution is 2.30. The molecule has 0 aliphatic heterocycles. The molecule has 0 bridgehead atoms. The average molecular weight is 223 g/mol. The molecule has 0 fully saturated rings. The fraction of sp³-hybridized carbons (Fsp3) is 0.538. The van der Waals surface area contributed by atoms with Gasteiger partial charge in [-0.1, -0.05) is 38.5 Å². The molecule has 0 radical (unpaired) electrons. The third-order valence-electron chi connectivity index (χ3n) is 2.86. The van der Waals surface area contributed by atoms with Crippen LogP contribution in [0.3, 0.4) is 0 Å². The molecule has 0 aliphatic rings. The van der Waals surface area contributed by atoms with E-state index in [9.17, 15) is 0 Å². The molecule has 0 saturated heterocycles. The average Bonchev–Trinajstić information content (AvgIpc) is 2.28. The van der Waals surface area contributed by atoms with Gasteiger partial charge in [0, 0.05) is 10.9 Å². The number of nitrogens with two attached hydrogens (primary N) is 1. The van der Waals surface area contributed by atoms with Crippen LogP contribution in [0.25, 0.3) is 0 Å². The number of hydrogen-bond donors (Lipinski definition) is 1. The molecule has 0 amide bonds. The van der Waals surface area contributed by atoms with Crippen LogP contribution in [0.4, 0.5) is 0 Å². The summed E-state index contributed by atoms with van der Waals surface area (Å²) >= 11 is 1.78. The monoisotopic (exact) mass is 223 g/mol. The molecule has 2 atom stereocenters. The van der Waals surface area contributed by atoms with Gasteiger partial charge >= 0.3 is 0 Å². The molecule has 0 heterocycles. The van der Waals surface area contributed by atoms with E-state index in [1.807, 2.05) is 0 Å². The molecular formula is C13H21NS. The van der Waals surface area contributed by atoms with Gasteiger partial charge in [0.05, 0.1) is 0 Å². The van der Waals surface area contributed by atoms with E-state index in [2.05, 4.69) is 44.4 Å². The standard InChI is InChI=1S/C13H21NS/c1-4-7-10(2)13(14)11-8-5-6-9-12(11)15-3/h5-6,8-10,13H,4,7,14H2,1-3H3. The molecule has 84 valence electrons. The summed E-state index contributed by atoms with van der Waals surface area (Å²) in [5.41, 5.74) is 7.58. The molecule has 1 nitrogen and oxygen atoms in total. The molecular weight excluding hydrogens is 202 g/mol. The summed E-state index contributed by atoms with van der Waals surface area (Å²) in [7, 11) is 0. The van der Waals surface area contributed by atoms with Crippen molar-refractivity contribution < 1.29 is 0 Å². The number of benzene rings is 1. The lowest BCUT2D eigenvalue weighted by Gasteiger charge is -2.21. The molecule has 15 heavy (non-hydrogen) atoms. The van der Waals surface area contributed by atoms with E-state index in [4.69, 9.17) is 5.73 Å². The Morgan fingerprint density at radius 3 is 2.60 bits per heavy atom. The minimum absolute atomic E-state index is 0.175. The Hall–Kier alpha value is -0.470. The predicted octanol–water partition coefficient (Wildman–Crippen LogP) is 3.84. The molecule has 2 unspecified atom stereocenters. The zero-order valence-corrected chi connectivity index (χ0v) is 10.7. The summed E-state index contributed by atoms with van der Waals surface area (Å²) < 4.78 is 0. The number of hydrogen-bond acceptors (Lipinski definition) is 2. The van der Waals surface area contributed by atoms with Gasteiger partial charge in [-0.3, -0.25) is 0 Å². The van der Waals surface area contributed by atoms with Gasteiger partial charge in [0.2, 0.25) is 0 Å². The Kier molecular flexibility index (Phi) is 5.20. The fourth-order valence-corrected chi connectivity index (χ4v) is 2.54. The van der Waals surface area contributed by atoms with Crippen LogP contribution < -0.4 is 5.73 Å². The summed E-state index contributed by atoms with van der Waals surface area (Å²) in [6.07, 6.45) is 4.51. The van der Waals surface area contributed by atoms with Gasteiger partial charge in [0.1, 0.15) is 0 Å². The molecule has 1 aromatic carbocycles. The van der Waals surface area contributed by atoms with Gasteiger partial charge in [-0.05, 0) is 30.2 Å². The molecule has 0 saturated carbocycles. The molecule has 1 aromatic rings. The van der Waals surface area contributed by atoms with E-state index in [-0.39, 0.29) is 6.04 Å². The summed E-state index contributed by atoms with van der Waals surface area (Å²) in [6.45, 7) is 4.45. The van der Waals surface area contributed by atoms with Gasteiger partial charge in [-0.15, -0.1) is 11.8 Å². The Balaban J connectivity index is 2.84. The highest BCUT2D eigenvalue weighted by molar-refractivity contribution is 7.98. The summed E-state index contributed by atoms with van der Waals surface area (Å²) in [4.78, 5) is 1.31. The van der Waals surface area contributed by atoms with Crippen LogP contribution in [0.5, 0.6) is 0 Å². The minimum atomic E-state index is 0.175. The lowest BCUT2D eigenvalue weighted by atomic mass is 9.92. The minimum Gasteiger partial charge on any atom is -0.324 e. The second-order valence-electron chi connectivity index (χ2n) is 4.03. The first-order chi connectivity index (χ1) is 7.20. The summed E-state index contributed by atoms with van der Waals surface area (Å²) in [5.74, 6) is 0.559. The molecule has 2 heteroatoms. The lowest BCUT2D eigenvalue weighted by molar-refractivity contribution is 0.429. The van der Waals surface area contributed by atoms with Gasteiger partial charge in [0.25, 0.3) is 0 Å². The number of thioether (sulfide) groups is 1. The largest absolute Gasteiger partial charge is 0.324 e. The van der Waals surface area contributed by atoms with Crippen LogP contribution in [0.15, 0.2) is 29.2 Å². The van der Waals surface area contributed by atoms with Crippen molar-refractivity contribution in [1.82, 2.24) is 0 Å². The van der Waals surface area contributed by atoms with Crippen molar-refractivity contribution in [2.45, 2.75) is 37.6 Å². The van der Waals surface area contributed by atoms with Gasteiger partial charge in [-0.2, -0.15) is 0 Å². The highest BCUT2D eigenvalue weighted by Gasteiger charge is 2.16. The van der Waals surface area contributed by atoms with Crippen molar-refractivity contribution in [1.29, 1.82) is 0 Å². The first-order valence-corrected chi connectivity index (χ1v) is 6.81. The van der Waals surface area contributed by atoms with Gasteiger partial charge in [-0.25, -0.2) is 0 Å². The Morgan fingerprint density at radius 1 is 1.33 bits per heavy atom. The van der Waals surface area contributed by atoms with Crippen molar-refractivity contribution in [3.63, 3.8) is 0 Å². The highest BCUT2D eigenvalue weighted by atomic mass is 32.2. The molecule has 0 aromatic heterocycles. The zero-order valence-electron chi connectivity index (χ0n) is 9.86. The molecule has 0 spiro atoms. The van der Waals surface area contributed by atoms with E-state index >= 15 is 0 Å². The molecule has 2 N–H and O–H groups in total. The van der Waals surface area contributed by atoms with Crippen LogP contribution in [-0.2, 0) is 0 Å². The predicted molar refractivity (Wildman–Crippen MR) is 69.2 cm³/mol. The van der Waals surface area contributed by atoms with Crippen molar-refractivity contribution in [2.75, 3.05) is 6.26 Å². The maximum atomic E-state index is 6.29. The third kappa shape index (κ3) is 3.25. The van der Waals surface area contributed by atoms with E-state index in [1.54, 1.807) is 11.8 Å². The van der Waals surface area contributed by atoms with Gasteiger partial charge < -0.3 is 5.73 Å². The van der Waals surface area contributed by atoms with Crippen molar-refractivity contribution in [3.8, 4) is 0 Å². The Labute approximate surface area is 97.4 Å². The normalized spacial score (nSPS) is 14.9. The molecule has 0 aliphatic carbocycles. The van der Waals surface area contributed by atoms with E-state index in [0.29, 0.717) is 5.92 Å². The number of rotatable bonds is 5. The SMILES string of the molecule is CCCC(C)C(N)c1ccccc1SC. The fourth-order valence-electron chi connectivity index (χ4n) is 1.88. The Morgan fingerprint density at radius 2 is 2.00 bits per heavy atom. The second-order valence-corrected chi connectivity index (χ2v) is 4.88. The van der Waals surface area contributed by atoms with Crippen molar-refractivity contribution in [3.05, 3.63) is 29.8 Å². The van der Waals surface area contributed by atoms with E-state index in [0.717, 1.165) is 0 Å². The second kappa shape index (κ2) is 6.19. The first kappa shape index (κ1) is 12.6. The summed E-state index contributed by atoms with van der Waals surface area (Å²) in [6, 6.07) is 8.63. The van der Waals surface area contributed by atoms with Crippen LogP contribution in [0, 0.1) is 5.92 Å². The maximum absolute atomic E-state index is 6.29. The first-order valence-electron chi connectivity index (χ1n) is 5.59. The van der Waals surface area contributed by atoms with Crippen molar-refractivity contribution in [2.24, 2.45) is 11.7 Å². The quantitative estimate of drug-likeness (QED) is 0.767. The van der Waals surface area contributed by atoms with Gasteiger partial charge in [0.15, 0.2) is 0 Å². The molecule has 1 rings (SSSR count). The third-order valence-corrected chi connectivity index (χ3v) is 3.67. The van der Waals surface area contributed by atoms with E-state index < -0.39 is 0 Å². The van der Waals surface area contributed by atoms with Crippen LogP contribution in [0.1, 0.15) is 38.3 Å².